The average molecular weight is 504 g/mol. The lowest BCUT2D eigenvalue weighted by molar-refractivity contribution is -0.139. The average Bonchev–Trinajstić information content (AvgIpc) is 3.35. The number of carbonyl (C=O) groups excluding carboxylic acids is 2. The monoisotopic (exact) mass is 503 g/mol. The second-order valence-electron chi connectivity index (χ2n) is 8.31. The summed E-state index contributed by atoms with van der Waals surface area (Å²) in [5.41, 5.74) is 2.80. The number of hydrogen-bond acceptors (Lipinski definition) is 7. The van der Waals surface area contributed by atoms with Gasteiger partial charge in [0.25, 0.3) is 11.5 Å². The smallest absolute Gasteiger partial charge is 0.338 e. The van der Waals surface area contributed by atoms with Gasteiger partial charge in [0.2, 0.25) is 0 Å². The number of ether oxygens (including phenoxy) is 2. The fraction of sp³-hybridized carbons (Fsp3) is 0.259. The number of amides is 1. The summed E-state index contributed by atoms with van der Waals surface area (Å²) in [7, 11) is 1.54. The SMILES string of the molecule is CCOC(=O)C1=C(C)N=c2s/c(=C3\C(=O)N(CC)c4ccccc43)c(=O)n2C1c1ccccc1OC. The molecule has 2 aromatic carbocycles. The van der Waals surface area contributed by atoms with Crippen molar-refractivity contribution in [3.05, 3.63) is 90.6 Å². The van der Waals surface area contributed by atoms with Gasteiger partial charge in [0, 0.05) is 17.7 Å². The first kappa shape index (κ1) is 23.7. The van der Waals surface area contributed by atoms with E-state index in [2.05, 4.69) is 4.99 Å². The molecule has 0 fully saturated rings. The van der Waals surface area contributed by atoms with Crippen molar-refractivity contribution in [3.63, 3.8) is 0 Å². The molecule has 9 heteroatoms. The van der Waals surface area contributed by atoms with E-state index in [-0.39, 0.29) is 23.6 Å². The van der Waals surface area contributed by atoms with Crippen LogP contribution in [0, 0.1) is 0 Å². The van der Waals surface area contributed by atoms with Crippen LogP contribution in [-0.2, 0) is 14.3 Å². The van der Waals surface area contributed by atoms with Crippen LogP contribution in [0.15, 0.2) is 69.6 Å². The van der Waals surface area contributed by atoms with Crippen molar-refractivity contribution >= 4 is 34.5 Å². The highest BCUT2D eigenvalue weighted by Crippen LogP contribution is 2.37. The van der Waals surface area contributed by atoms with Crippen LogP contribution in [0.1, 0.15) is 37.9 Å². The molecule has 8 nitrogen and oxygen atoms in total. The first-order valence-corrected chi connectivity index (χ1v) is 12.5. The number of methoxy groups -OCH3 is 1. The first-order chi connectivity index (χ1) is 17.4. The number of esters is 1. The van der Waals surface area contributed by atoms with Gasteiger partial charge in [-0.15, -0.1) is 0 Å². The van der Waals surface area contributed by atoms with E-state index < -0.39 is 12.0 Å². The highest BCUT2D eigenvalue weighted by atomic mass is 32.1. The van der Waals surface area contributed by atoms with Crippen molar-refractivity contribution < 1.29 is 19.1 Å². The van der Waals surface area contributed by atoms with E-state index in [0.717, 1.165) is 17.0 Å². The number of carbonyl (C=O) groups is 2. The maximum Gasteiger partial charge on any atom is 0.338 e. The van der Waals surface area contributed by atoms with E-state index in [1.54, 1.807) is 31.9 Å². The molecule has 0 spiro atoms. The van der Waals surface area contributed by atoms with Crippen molar-refractivity contribution in [1.29, 1.82) is 0 Å². The minimum atomic E-state index is -0.820. The Balaban J connectivity index is 1.85. The van der Waals surface area contributed by atoms with Crippen molar-refractivity contribution in [2.75, 3.05) is 25.2 Å². The number of fused-ring (bicyclic) bond motifs is 2. The predicted octanol–water partition coefficient (Wildman–Crippen LogP) is 2.54. The summed E-state index contributed by atoms with van der Waals surface area (Å²) >= 11 is 1.15. The molecule has 5 rings (SSSR count). The Morgan fingerprint density at radius 1 is 1.08 bits per heavy atom. The second-order valence-corrected chi connectivity index (χ2v) is 9.28. The lowest BCUT2D eigenvalue weighted by Crippen LogP contribution is -2.41. The lowest BCUT2D eigenvalue weighted by atomic mass is 9.95. The molecule has 1 unspecified atom stereocenters. The lowest BCUT2D eigenvalue weighted by Gasteiger charge is -2.25. The van der Waals surface area contributed by atoms with Gasteiger partial charge in [-0.3, -0.25) is 14.2 Å². The molecule has 1 aromatic heterocycles. The van der Waals surface area contributed by atoms with Gasteiger partial charge in [0.05, 0.1) is 36.2 Å². The Kier molecular flexibility index (Phi) is 6.09. The molecule has 3 heterocycles. The molecule has 0 saturated carbocycles. The largest absolute Gasteiger partial charge is 0.496 e. The number of aromatic nitrogens is 1. The molecule has 0 bridgehead atoms. The Morgan fingerprint density at radius 3 is 2.53 bits per heavy atom. The summed E-state index contributed by atoms with van der Waals surface area (Å²) < 4.78 is 12.7. The minimum Gasteiger partial charge on any atom is -0.496 e. The van der Waals surface area contributed by atoms with Gasteiger partial charge in [-0.05, 0) is 32.9 Å². The number of allylic oxidation sites excluding steroid dienone is 1. The van der Waals surface area contributed by atoms with Crippen molar-refractivity contribution in [2.45, 2.75) is 26.8 Å². The highest BCUT2D eigenvalue weighted by Gasteiger charge is 2.37. The summed E-state index contributed by atoms with van der Waals surface area (Å²) in [4.78, 5) is 47.3. The van der Waals surface area contributed by atoms with E-state index in [1.165, 1.54) is 4.57 Å². The van der Waals surface area contributed by atoms with Gasteiger partial charge >= 0.3 is 5.97 Å². The molecular weight excluding hydrogens is 478 g/mol. The number of benzene rings is 2. The molecule has 2 aliphatic heterocycles. The standard InChI is InChI=1S/C27H25N3O5S/c1-5-29-18-13-9-7-11-16(18)21(24(29)31)23-25(32)30-22(17-12-8-10-14-19(17)34-4)20(26(33)35-6-2)15(3)28-27(30)36-23/h7-14,22H,5-6H2,1-4H3/b23-21-. The Bertz CT molecular complexity index is 1610. The van der Waals surface area contributed by atoms with Crippen LogP contribution in [0.25, 0.3) is 5.57 Å². The fourth-order valence-corrected chi connectivity index (χ4v) is 5.98. The third kappa shape index (κ3) is 3.50. The van der Waals surface area contributed by atoms with Crippen LogP contribution in [-0.4, -0.2) is 36.7 Å². The van der Waals surface area contributed by atoms with Gasteiger partial charge in [-0.2, -0.15) is 0 Å². The zero-order valence-electron chi connectivity index (χ0n) is 20.4. The third-order valence-corrected chi connectivity index (χ3v) is 7.45. The molecule has 1 atom stereocenters. The van der Waals surface area contributed by atoms with Crippen molar-refractivity contribution in [3.8, 4) is 5.75 Å². The summed E-state index contributed by atoms with van der Waals surface area (Å²) in [5.74, 6) is -0.247. The van der Waals surface area contributed by atoms with Crippen molar-refractivity contribution in [1.82, 2.24) is 4.57 Å². The number of anilines is 1. The van der Waals surface area contributed by atoms with Crippen LogP contribution in [0.3, 0.4) is 0 Å². The summed E-state index contributed by atoms with van der Waals surface area (Å²) in [6.45, 7) is 6.01. The predicted molar refractivity (Wildman–Crippen MR) is 137 cm³/mol. The van der Waals surface area contributed by atoms with Crippen LogP contribution in [0.5, 0.6) is 5.75 Å². The van der Waals surface area contributed by atoms with Crippen LogP contribution >= 0.6 is 11.3 Å². The molecule has 0 saturated heterocycles. The highest BCUT2D eigenvalue weighted by molar-refractivity contribution is 7.07. The molecule has 1 amide bonds. The topological polar surface area (TPSA) is 90.2 Å². The second kappa shape index (κ2) is 9.23. The van der Waals surface area contributed by atoms with Gasteiger partial charge in [-0.1, -0.05) is 47.7 Å². The Morgan fingerprint density at radius 2 is 1.81 bits per heavy atom. The van der Waals surface area contributed by atoms with E-state index in [9.17, 15) is 14.4 Å². The maximum absolute atomic E-state index is 14.1. The molecule has 0 radical (unpaired) electrons. The van der Waals surface area contributed by atoms with E-state index in [4.69, 9.17) is 9.47 Å². The quantitative estimate of drug-likeness (QED) is 0.499. The van der Waals surface area contributed by atoms with E-state index >= 15 is 0 Å². The van der Waals surface area contributed by atoms with Gasteiger partial charge in [-0.25, -0.2) is 9.79 Å². The van der Waals surface area contributed by atoms with Crippen LogP contribution in [0.4, 0.5) is 5.69 Å². The molecule has 0 N–H and O–H groups in total. The molecule has 184 valence electrons. The maximum atomic E-state index is 14.1. The number of hydrogen-bond donors (Lipinski definition) is 0. The van der Waals surface area contributed by atoms with Crippen LogP contribution < -0.4 is 24.5 Å². The summed E-state index contributed by atoms with van der Waals surface area (Å²) in [6, 6.07) is 13.9. The van der Waals surface area contributed by atoms with Gasteiger partial charge in [0.15, 0.2) is 4.80 Å². The number of thiazole rings is 1. The van der Waals surface area contributed by atoms with E-state index in [0.29, 0.717) is 44.0 Å². The van der Waals surface area contributed by atoms with E-state index in [1.807, 2.05) is 49.4 Å². The first-order valence-electron chi connectivity index (χ1n) is 11.7. The Labute approximate surface area is 211 Å². The normalized spacial score (nSPS) is 18.1. The molecular formula is C27H25N3O5S. The molecule has 2 aliphatic rings. The van der Waals surface area contributed by atoms with Crippen molar-refractivity contribution in [2.24, 2.45) is 4.99 Å². The van der Waals surface area contributed by atoms with Gasteiger partial charge < -0.3 is 14.4 Å². The zero-order chi connectivity index (χ0) is 25.6. The summed E-state index contributed by atoms with van der Waals surface area (Å²) in [5, 5.41) is 0. The number of nitrogens with zero attached hydrogens (tertiary/aromatic N) is 3. The summed E-state index contributed by atoms with van der Waals surface area (Å²) in [6.07, 6.45) is 0. The minimum absolute atomic E-state index is 0.182. The molecule has 36 heavy (non-hydrogen) atoms. The number of rotatable bonds is 5. The third-order valence-electron chi connectivity index (χ3n) is 6.39. The van der Waals surface area contributed by atoms with Gasteiger partial charge in [0.1, 0.15) is 16.3 Å². The fourth-order valence-electron chi connectivity index (χ4n) is 4.84. The molecule has 3 aromatic rings. The Hall–Kier alpha value is -3.98. The number of likely N-dealkylation sites (N-methyl/N-ethyl adjacent to an activating group) is 1. The van der Waals surface area contributed by atoms with Crippen LogP contribution in [0.2, 0.25) is 0 Å². The molecule has 0 aliphatic carbocycles. The number of para-hydroxylation sites is 2. The zero-order valence-corrected chi connectivity index (χ0v) is 21.2.